The molecule has 0 bridgehead atoms. The summed E-state index contributed by atoms with van der Waals surface area (Å²) in [6.07, 6.45) is 0. The minimum Gasteiger partial charge on any atom is -0.496 e. The maximum atomic E-state index is 14.0. The van der Waals surface area contributed by atoms with Gasteiger partial charge in [-0.25, -0.2) is 8.78 Å². The Kier molecular flexibility index (Phi) is 6.97. The van der Waals surface area contributed by atoms with E-state index >= 15 is 0 Å². The zero-order valence-corrected chi connectivity index (χ0v) is 21.4. The van der Waals surface area contributed by atoms with Gasteiger partial charge in [0.25, 0.3) is 11.4 Å². The highest BCUT2D eigenvalue weighted by molar-refractivity contribution is 5.92. The largest absolute Gasteiger partial charge is 0.496 e. The molecule has 4 aromatic rings. The Morgan fingerprint density at radius 3 is 2.38 bits per heavy atom. The smallest absolute Gasteiger partial charge is 0.271 e. The first-order chi connectivity index (χ1) is 18.9. The van der Waals surface area contributed by atoms with Gasteiger partial charge in [-0.1, -0.05) is 24.8 Å². The van der Waals surface area contributed by atoms with Gasteiger partial charge in [0.15, 0.2) is 0 Å². The molecule has 10 heteroatoms. The van der Waals surface area contributed by atoms with Crippen molar-refractivity contribution in [1.29, 1.82) is 5.26 Å². The number of nitrogens with zero attached hydrogens (tertiary/aromatic N) is 6. The Morgan fingerprint density at radius 1 is 1.05 bits per heavy atom. The molecule has 0 saturated carbocycles. The van der Waals surface area contributed by atoms with Crippen LogP contribution in [0.2, 0.25) is 0 Å². The molecule has 1 unspecified atom stereocenters. The second kappa shape index (κ2) is 10.5. The molecule has 1 aliphatic rings. The standard InChI is InChI=1S/C29H24F2N6O2/c1-33-25-11-10-23-26(34-25)28(22(17-32)29(38)35(23)2)37-14-12-36(13-15-37)27(18-4-6-19(30)7-5-18)21-9-8-20(31)16-24(21)39-3/h4-11,16,27H,12-15H2,2-3H3. The van der Waals surface area contributed by atoms with Crippen LogP contribution in [0.1, 0.15) is 22.7 Å². The lowest BCUT2D eigenvalue weighted by Gasteiger charge is -2.41. The van der Waals surface area contributed by atoms with E-state index in [0.717, 1.165) is 11.1 Å². The van der Waals surface area contributed by atoms with Crippen LogP contribution in [-0.2, 0) is 7.05 Å². The van der Waals surface area contributed by atoms with Gasteiger partial charge in [-0.3, -0.25) is 9.69 Å². The topological polar surface area (TPSA) is 78.8 Å². The number of methoxy groups -OCH3 is 1. The SMILES string of the molecule is [C-]#[N+]c1ccc2c(n1)c(N1CCN(C(c3ccc(F)cc3)c3ccc(F)cc3OC)CC1)c(C#N)c(=O)n2C. The third-order valence-corrected chi connectivity index (χ3v) is 7.10. The number of rotatable bonds is 5. The van der Waals surface area contributed by atoms with Gasteiger partial charge in [-0.15, -0.1) is 4.98 Å². The van der Waals surface area contributed by atoms with Crippen molar-refractivity contribution in [2.45, 2.75) is 6.04 Å². The first-order valence-electron chi connectivity index (χ1n) is 12.3. The third kappa shape index (κ3) is 4.67. The summed E-state index contributed by atoms with van der Waals surface area (Å²) in [5.74, 6) is -0.232. The van der Waals surface area contributed by atoms with Crippen molar-refractivity contribution < 1.29 is 13.5 Å². The van der Waals surface area contributed by atoms with Crippen molar-refractivity contribution in [3.8, 4) is 11.8 Å². The Labute approximate surface area is 223 Å². The Balaban J connectivity index is 1.55. The number of hydrogen-bond acceptors (Lipinski definition) is 6. The number of ether oxygens (including phenoxy) is 1. The second-order valence-corrected chi connectivity index (χ2v) is 9.21. The highest BCUT2D eigenvalue weighted by atomic mass is 19.1. The fourth-order valence-electron chi connectivity index (χ4n) is 5.20. The lowest BCUT2D eigenvalue weighted by molar-refractivity contribution is 0.208. The molecule has 0 aliphatic carbocycles. The molecule has 3 heterocycles. The number of halogens is 2. The fraction of sp³-hybridized carbons (Fsp3) is 0.241. The average Bonchev–Trinajstić information content (AvgIpc) is 2.96. The number of fused-ring (bicyclic) bond motifs is 1. The maximum absolute atomic E-state index is 14.0. The molecule has 5 rings (SSSR count). The van der Waals surface area contributed by atoms with Crippen LogP contribution in [0.25, 0.3) is 15.9 Å². The van der Waals surface area contributed by atoms with Gasteiger partial charge in [0, 0.05) is 44.9 Å². The van der Waals surface area contributed by atoms with Crippen molar-refractivity contribution >= 4 is 22.5 Å². The summed E-state index contributed by atoms with van der Waals surface area (Å²) in [4.78, 5) is 25.0. The van der Waals surface area contributed by atoms with Crippen LogP contribution in [0.15, 0.2) is 59.4 Å². The van der Waals surface area contributed by atoms with Crippen LogP contribution in [0.5, 0.6) is 5.75 Å². The molecule has 2 aromatic heterocycles. The van der Waals surface area contributed by atoms with Crippen LogP contribution in [0.3, 0.4) is 0 Å². The number of hydrogen-bond donors (Lipinski definition) is 0. The number of benzene rings is 2. The predicted molar refractivity (Wildman–Crippen MR) is 143 cm³/mol. The van der Waals surface area contributed by atoms with Crippen LogP contribution in [0.4, 0.5) is 20.3 Å². The van der Waals surface area contributed by atoms with E-state index in [1.807, 2.05) is 11.0 Å². The molecule has 1 fully saturated rings. The van der Waals surface area contributed by atoms with E-state index in [1.54, 1.807) is 37.4 Å². The summed E-state index contributed by atoms with van der Waals surface area (Å²) < 4.78 is 34.7. The molecule has 2 aromatic carbocycles. The van der Waals surface area contributed by atoms with Gasteiger partial charge in [-0.2, -0.15) is 5.26 Å². The Hall–Kier alpha value is -4.80. The van der Waals surface area contributed by atoms with Gasteiger partial charge in [0.1, 0.15) is 34.7 Å². The van der Waals surface area contributed by atoms with Crippen molar-refractivity contribution in [3.63, 3.8) is 0 Å². The van der Waals surface area contributed by atoms with E-state index < -0.39 is 11.4 Å². The molecule has 39 heavy (non-hydrogen) atoms. The highest BCUT2D eigenvalue weighted by Crippen LogP contribution is 2.37. The molecule has 8 nitrogen and oxygen atoms in total. The van der Waals surface area contributed by atoms with Crippen LogP contribution in [-0.4, -0.2) is 47.7 Å². The Morgan fingerprint density at radius 2 is 1.74 bits per heavy atom. The summed E-state index contributed by atoms with van der Waals surface area (Å²) in [6, 6.07) is 15.5. The van der Waals surface area contributed by atoms with E-state index in [4.69, 9.17) is 11.3 Å². The molecule has 0 amide bonds. The molecule has 1 saturated heterocycles. The summed E-state index contributed by atoms with van der Waals surface area (Å²) in [6.45, 7) is 9.28. The third-order valence-electron chi connectivity index (χ3n) is 7.10. The molecular weight excluding hydrogens is 502 g/mol. The van der Waals surface area contributed by atoms with E-state index in [2.05, 4.69) is 14.7 Å². The van der Waals surface area contributed by atoms with E-state index in [0.29, 0.717) is 48.6 Å². The number of nitriles is 1. The first kappa shape index (κ1) is 25.8. The normalized spacial score (nSPS) is 14.6. The summed E-state index contributed by atoms with van der Waals surface area (Å²) in [7, 11) is 3.06. The van der Waals surface area contributed by atoms with Gasteiger partial charge in [-0.05, 0) is 35.9 Å². The quantitative estimate of drug-likeness (QED) is 0.355. The number of anilines is 1. The highest BCUT2D eigenvalue weighted by Gasteiger charge is 2.32. The van der Waals surface area contributed by atoms with Gasteiger partial charge in [0.2, 0.25) is 5.52 Å². The van der Waals surface area contributed by atoms with Gasteiger partial charge < -0.3 is 19.0 Å². The molecule has 1 aliphatic heterocycles. The van der Waals surface area contributed by atoms with Crippen molar-refractivity contribution in [2.75, 3.05) is 38.2 Å². The number of piperazine rings is 1. The van der Waals surface area contributed by atoms with Crippen LogP contribution in [0, 0.1) is 29.5 Å². The monoisotopic (exact) mass is 526 g/mol. The van der Waals surface area contributed by atoms with Gasteiger partial charge >= 0.3 is 0 Å². The number of aryl methyl sites for hydroxylation is 1. The fourth-order valence-corrected chi connectivity index (χ4v) is 5.20. The summed E-state index contributed by atoms with van der Waals surface area (Å²) in [5, 5.41) is 9.92. The summed E-state index contributed by atoms with van der Waals surface area (Å²) in [5.41, 5.74) is 2.46. The number of aromatic nitrogens is 2. The predicted octanol–water partition coefficient (Wildman–Crippen LogP) is 4.55. The second-order valence-electron chi connectivity index (χ2n) is 9.21. The van der Waals surface area contributed by atoms with Crippen LogP contribution >= 0.6 is 0 Å². The average molecular weight is 527 g/mol. The maximum Gasteiger partial charge on any atom is 0.271 e. The molecule has 0 spiro atoms. The summed E-state index contributed by atoms with van der Waals surface area (Å²) >= 11 is 0. The molecular formula is C29H24F2N6O2. The van der Waals surface area contributed by atoms with Crippen molar-refractivity contribution in [1.82, 2.24) is 14.5 Å². The zero-order valence-electron chi connectivity index (χ0n) is 21.4. The van der Waals surface area contributed by atoms with Crippen molar-refractivity contribution in [3.05, 3.63) is 105 Å². The van der Waals surface area contributed by atoms with Crippen molar-refractivity contribution in [2.24, 2.45) is 7.05 Å². The van der Waals surface area contributed by atoms with E-state index in [-0.39, 0.29) is 23.2 Å². The first-order valence-corrected chi connectivity index (χ1v) is 12.3. The van der Waals surface area contributed by atoms with Gasteiger partial charge in [0.05, 0.1) is 18.7 Å². The zero-order chi connectivity index (χ0) is 27.7. The minimum absolute atomic E-state index is 0.0247. The molecule has 1 atom stereocenters. The lowest BCUT2D eigenvalue weighted by atomic mass is 9.95. The molecule has 0 N–H and O–H groups in total. The van der Waals surface area contributed by atoms with E-state index in [9.17, 15) is 18.8 Å². The van der Waals surface area contributed by atoms with E-state index in [1.165, 1.54) is 35.9 Å². The van der Waals surface area contributed by atoms with Crippen LogP contribution < -0.4 is 15.2 Å². The minimum atomic E-state index is -0.431. The lowest BCUT2D eigenvalue weighted by Crippen LogP contribution is -2.48. The molecule has 0 radical (unpaired) electrons. The number of pyridine rings is 2. The molecule has 196 valence electrons. The Bertz CT molecular complexity index is 1700.